The first kappa shape index (κ1) is 16.0. The van der Waals surface area contributed by atoms with Crippen LogP contribution in [0.5, 0.6) is 11.6 Å². The summed E-state index contributed by atoms with van der Waals surface area (Å²) in [6, 6.07) is 9.44. The number of hydrogen-bond donors (Lipinski definition) is 1. The molecule has 1 amide bonds. The fourth-order valence-corrected chi connectivity index (χ4v) is 2.27. The molecule has 4 heteroatoms. The highest BCUT2D eigenvalue weighted by Crippen LogP contribution is 2.26. The third kappa shape index (κ3) is 4.32. The Morgan fingerprint density at radius 2 is 2.05 bits per heavy atom. The van der Waals surface area contributed by atoms with Crippen molar-refractivity contribution in [1.82, 2.24) is 4.98 Å². The van der Waals surface area contributed by atoms with Gasteiger partial charge in [-0.05, 0) is 37.5 Å². The number of rotatable bonds is 7. The third-order valence-corrected chi connectivity index (χ3v) is 3.50. The van der Waals surface area contributed by atoms with Gasteiger partial charge in [-0.15, -0.1) is 0 Å². The molecule has 0 fully saturated rings. The van der Waals surface area contributed by atoms with Crippen molar-refractivity contribution in [3.05, 3.63) is 53.2 Å². The number of ether oxygens (including phenoxy) is 1. The molecule has 0 spiro atoms. The van der Waals surface area contributed by atoms with Gasteiger partial charge < -0.3 is 10.5 Å². The monoisotopic (exact) mass is 298 g/mol. The van der Waals surface area contributed by atoms with E-state index in [9.17, 15) is 4.79 Å². The first-order valence-electron chi connectivity index (χ1n) is 7.63. The summed E-state index contributed by atoms with van der Waals surface area (Å²) in [5, 5.41) is 0. The number of unbranched alkanes of at least 4 members (excludes halogenated alkanes) is 2. The van der Waals surface area contributed by atoms with Crippen LogP contribution in [0.1, 0.15) is 47.7 Å². The minimum absolute atomic E-state index is 0.374. The smallest absolute Gasteiger partial charge is 0.250 e. The van der Waals surface area contributed by atoms with E-state index in [1.54, 1.807) is 12.1 Å². The molecule has 1 heterocycles. The lowest BCUT2D eigenvalue weighted by molar-refractivity contribution is 0.1000. The summed E-state index contributed by atoms with van der Waals surface area (Å²) in [7, 11) is 0. The van der Waals surface area contributed by atoms with E-state index in [1.807, 2.05) is 12.1 Å². The van der Waals surface area contributed by atoms with Crippen LogP contribution in [-0.4, -0.2) is 10.9 Å². The van der Waals surface area contributed by atoms with E-state index in [0.717, 1.165) is 18.6 Å². The number of amides is 1. The SMILES string of the molecule is CCCCCc1cc(C)ccc1Oc1ccc(C(N)=O)cn1. The van der Waals surface area contributed by atoms with Gasteiger partial charge in [0.1, 0.15) is 5.75 Å². The quantitative estimate of drug-likeness (QED) is 0.785. The van der Waals surface area contributed by atoms with Gasteiger partial charge in [-0.25, -0.2) is 4.98 Å². The van der Waals surface area contributed by atoms with Crippen molar-refractivity contribution in [3.63, 3.8) is 0 Å². The van der Waals surface area contributed by atoms with Crippen molar-refractivity contribution >= 4 is 5.91 Å². The molecule has 1 aromatic heterocycles. The first-order chi connectivity index (χ1) is 10.6. The van der Waals surface area contributed by atoms with Crippen LogP contribution in [-0.2, 0) is 6.42 Å². The van der Waals surface area contributed by atoms with Crippen LogP contribution < -0.4 is 10.5 Å². The molecule has 116 valence electrons. The number of benzene rings is 1. The molecule has 0 radical (unpaired) electrons. The Kier molecular flexibility index (Phi) is 5.53. The summed E-state index contributed by atoms with van der Waals surface area (Å²) < 4.78 is 5.87. The van der Waals surface area contributed by atoms with E-state index in [0.29, 0.717) is 11.4 Å². The molecular formula is C18H22N2O2. The minimum atomic E-state index is -0.491. The number of primary amides is 1. The standard InChI is InChI=1S/C18H22N2O2/c1-3-4-5-6-14-11-13(2)7-9-16(14)22-17-10-8-15(12-20-17)18(19)21/h7-12H,3-6H2,1-2H3,(H2,19,21). The van der Waals surface area contributed by atoms with Gasteiger partial charge in [-0.2, -0.15) is 0 Å². The van der Waals surface area contributed by atoms with Crippen LogP contribution in [0, 0.1) is 6.92 Å². The van der Waals surface area contributed by atoms with E-state index in [1.165, 1.54) is 30.2 Å². The zero-order valence-corrected chi connectivity index (χ0v) is 13.1. The van der Waals surface area contributed by atoms with Crippen molar-refractivity contribution in [2.75, 3.05) is 0 Å². The maximum absolute atomic E-state index is 11.1. The average molecular weight is 298 g/mol. The Balaban J connectivity index is 2.15. The average Bonchev–Trinajstić information content (AvgIpc) is 2.50. The zero-order chi connectivity index (χ0) is 15.9. The number of carbonyl (C=O) groups is 1. The number of hydrogen-bond acceptors (Lipinski definition) is 3. The number of nitrogens with zero attached hydrogens (tertiary/aromatic N) is 1. The lowest BCUT2D eigenvalue weighted by Crippen LogP contribution is -2.10. The number of nitrogens with two attached hydrogens (primary N) is 1. The maximum Gasteiger partial charge on any atom is 0.250 e. The highest BCUT2D eigenvalue weighted by atomic mass is 16.5. The molecule has 0 saturated heterocycles. The van der Waals surface area contributed by atoms with Crippen LogP contribution >= 0.6 is 0 Å². The molecular weight excluding hydrogens is 276 g/mol. The number of pyridine rings is 1. The molecule has 0 atom stereocenters. The van der Waals surface area contributed by atoms with Gasteiger partial charge in [0.15, 0.2) is 0 Å². The Labute approximate surface area is 131 Å². The minimum Gasteiger partial charge on any atom is -0.439 e. The van der Waals surface area contributed by atoms with Gasteiger partial charge in [0.25, 0.3) is 0 Å². The molecule has 1 aromatic carbocycles. The predicted molar refractivity (Wildman–Crippen MR) is 87.2 cm³/mol. The second kappa shape index (κ2) is 7.59. The molecule has 0 aliphatic carbocycles. The molecule has 0 aliphatic heterocycles. The zero-order valence-electron chi connectivity index (χ0n) is 13.1. The van der Waals surface area contributed by atoms with E-state index in [-0.39, 0.29) is 0 Å². The van der Waals surface area contributed by atoms with Crippen molar-refractivity contribution in [2.45, 2.75) is 39.5 Å². The molecule has 22 heavy (non-hydrogen) atoms. The molecule has 2 aromatic rings. The largest absolute Gasteiger partial charge is 0.439 e. The van der Waals surface area contributed by atoms with E-state index < -0.39 is 5.91 Å². The highest BCUT2D eigenvalue weighted by molar-refractivity contribution is 5.92. The summed E-state index contributed by atoms with van der Waals surface area (Å²) in [5.74, 6) is 0.793. The van der Waals surface area contributed by atoms with Crippen LogP contribution in [0.25, 0.3) is 0 Å². The molecule has 0 saturated carbocycles. The van der Waals surface area contributed by atoms with Crippen molar-refractivity contribution in [3.8, 4) is 11.6 Å². The lowest BCUT2D eigenvalue weighted by Gasteiger charge is -2.11. The van der Waals surface area contributed by atoms with E-state index >= 15 is 0 Å². The molecule has 0 unspecified atom stereocenters. The summed E-state index contributed by atoms with van der Waals surface area (Å²) in [5.41, 5.74) is 7.99. The second-order valence-corrected chi connectivity index (χ2v) is 5.42. The van der Waals surface area contributed by atoms with Crippen molar-refractivity contribution in [1.29, 1.82) is 0 Å². The van der Waals surface area contributed by atoms with E-state index in [4.69, 9.17) is 10.5 Å². The van der Waals surface area contributed by atoms with Gasteiger partial charge in [0, 0.05) is 12.3 Å². The predicted octanol–water partition coefficient (Wildman–Crippen LogP) is 4.01. The number of aromatic nitrogens is 1. The van der Waals surface area contributed by atoms with Crippen LogP contribution in [0.15, 0.2) is 36.5 Å². The summed E-state index contributed by atoms with van der Waals surface area (Å²) in [6.45, 7) is 4.27. The van der Waals surface area contributed by atoms with Crippen molar-refractivity contribution in [2.24, 2.45) is 5.73 Å². The molecule has 4 nitrogen and oxygen atoms in total. The number of aryl methyl sites for hydroxylation is 2. The topological polar surface area (TPSA) is 65.2 Å². The summed E-state index contributed by atoms with van der Waals surface area (Å²) in [6.07, 6.45) is 5.97. The normalized spacial score (nSPS) is 10.5. The van der Waals surface area contributed by atoms with Crippen molar-refractivity contribution < 1.29 is 9.53 Å². The van der Waals surface area contributed by atoms with Gasteiger partial charge in [0.05, 0.1) is 5.56 Å². The van der Waals surface area contributed by atoms with Gasteiger partial charge in [-0.1, -0.05) is 37.5 Å². The Morgan fingerprint density at radius 3 is 2.68 bits per heavy atom. The van der Waals surface area contributed by atoms with Crippen LogP contribution in [0.4, 0.5) is 0 Å². The Hall–Kier alpha value is -2.36. The fraction of sp³-hybridized carbons (Fsp3) is 0.333. The number of carbonyl (C=O) groups excluding carboxylic acids is 1. The second-order valence-electron chi connectivity index (χ2n) is 5.42. The molecule has 2 N–H and O–H groups in total. The summed E-state index contributed by atoms with van der Waals surface area (Å²) in [4.78, 5) is 15.2. The van der Waals surface area contributed by atoms with Gasteiger partial charge in [-0.3, -0.25) is 4.79 Å². The highest BCUT2D eigenvalue weighted by Gasteiger charge is 2.07. The Morgan fingerprint density at radius 1 is 1.23 bits per heavy atom. The maximum atomic E-state index is 11.1. The molecule has 0 aliphatic rings. The van der Waals surface area contributed by atoms with Gasteiger partial charge >= 0.3 is 0 Å². The molecule has 0 bridgehead atoms. The van der Waals surface area contributed by atoms with Crippen LogP contribution in [0.2, 0.25) is 0 Å². The Bertz CT molecular complexity index is 636. The molecule has 2 rings (SSSR count). The van der Waals surface area contributed by atoms with E-state index in [2.05, 4.69) is 24.9 Å². The lowest BCUT2D eigenvalue weighted by atomic mass is 10.0. The van der Waals surface area contributed by atoms with Crippen LogP contribution in [0.3, 0.4) is 0 Å². The van der Waals surface area contributed by atoms with Gasteiger partial charge in [0.2, 0.25) is 11.8 Å². The fourth-order valence-electron chi connectivity index (χ4n) is 2.27. The summed E-state index contributed by atoms with van der Waals surface area (Å²) >= 11 is 0. The third-order valence-electron chi connectivity index (χ3n) is 3.50. The first-order valence-corrected chi connectivity index (χ1v) is 7.63.